The minimum Gasteiger partial charge on any atom is -0.489 e. The summed E-state index contributed by atoms with van der Waals surface area (Å²) in [6, 6.07) is 11.3. The Balaban J connectivity index is 1.63. The molecule has 1 amide bonds. The molecule has 25 heavy (non-hydrogen) atoms. The minimum atomic E-state index is -0.340. The van der Waals surface area contributed by atoms with Crippen LogP contribution in [0.3, 0.4) is 0 Å². The van der Waals surface area contributed by atoms with Crippen LogP contribution in [0.5, 0.6) is 5.75 Å². The lowest BCUT2D eigenvalue weighted by molar-refractivity contribution is -0.117. The second-order valence-electron chi connectivity index (χ2n) is 6.28. The first-order chi connectivity index (χ1) is 12.0. The molecule has 1 aromatic carbocycles. The van der Waals surface area contributed by atoms with E-state index < -0.39 is 0 Å². The monoisotopic (exact) mass is 337 g/mol. The van der Waals surface area contributed by atoms with Crippen molar-refractivity contribution in [1.29, 1.82) is 0 Å². The summed E-state index contributed by atoms with van der Waals surface area (Å²) < 4.78 is 5.79. The molecule has 0 radical (unpaired) electrons. The van der Waals surface area contributed by atoms with Crippen LogP contribution in [0.4, 0.5) is 5.69 Å². The molecule has 5 heteroatoms. The number of aromatic nitrogens is 1. The normalized spacial score (nSPS) is 15.4. The first-order valence-electron chi connectivity index (χ1n) is 8.45. The minimum absolute atomic E-state index is 0.0316. The zero-order valence-electron chi connectivity index (χ0n) is 14.7. The Labute approximate surface area is 148 Å². The molecule has 0 saturated carbocycles. The number of ether oxygens (including phenoxy) is 1. The molecule has 2 N–H and O–H groups in total. The topological polar surface area (TPSA) is 63.2 Å². The predicted molar refractivity (Wildman–Crippen MR) is 99.6 cm³/mol. The van der Waals surface area contributed by atoms with Crippen LogP contribution in [0.2, 0.25) is 0 Å². The SMILES string of the molecule is Cc1ncccc1NC(=O)[C@H](C)NC(C)C1=Cc2ccccc2OC1. The van der Waals surface area contributed by atoms with Gasteiger partial charge in [0.2, 0.25) is 5.91 Å². The number of carbonyl (C=O) groups is 1. The number of rotatable bonds is 5. The number of fused-ring (bicyclic) bond motifs is 1. The summed E-state index contributed by atoms with van der Waals surface area (Å²) in [5.41, 5.74) is 3.73. The van der Waals surface area contributed by atoms with E-state index in [2.05, 4.69) is 21.7 Å². The van der Waals surface area contributed by atoms with E-state index in [0.717, 1.165) is 28.3 Å². The smallest absolute Gasteiger partial charge is 0.241 e. The molecule has 0 aliphatic carbocycles. The molecule has 1 aliphatic rings. The maximum Gasteiger partial charge on any atom is 0.241 e. The number of nitrogens with one attached hydrogen (secondary N) is 2. The zero-order chi connectivity index (χ0) is 17.8. The highest BCUT2D eigenvalue weighted by Gasteiger charge is 2.21. The van der Waals surface area contributed by atoms with Gasteiger partial charge >= 0.3 is 0 Å². The van der Waals surface area contributed by atoms with Crippen LogP contribution in [0, 0.1) is 6.92 Å². The third kappa shape index (κ3) is 4.06. The van der Waals surface area contributed by atoms with Gasteiger partial charge in [-0.3, -0.25) is 15.1 Å². The fourth-order valence-corrected chi connectivity index (χ4v) is 2.80. The summed E-state index contributed by atoms with van der Waals surface area (Å²) in [7, 11) is 0. The van der Waals surface area contributed by atoms with Crippen LogP contribution in [0.25, 0.3) is 6.08 Å². The summed E-state index contributed by atoms with van der Waals surface area (Å²) in [6.07, 6.45) is 3.84. The van der Waals surface area contributed by atoms with E-state index in [1.807, 2.05) is 57.2 Å². The van der Waals surface area contributed by atoms with E-state index in [4.69, 9.17) is 4.74 Å². The second-order valence-corrected chi connectivity index (χ2v) is 6.28. The largest absolute Gasteiger partial charge is 0.489 e. The molecular weight excluding hydrogens is 314 g/mol. The van der Waals surface area contributed by atoms with Crippen molar-refractivity contribution in [3.8, 4) is 5.75 Å². The Hall–Kier alpha value is -2.66. The first kappa shape index (κ1) is 17.2. The molecule has 0 spiro atoms. The predicted octanol–water partition coefficient (Wildman–Crippen LogP) is 3.17. The van der Waals surface area contributed by atoms with Crippen molar-refractivity contribution in [3.05, 3.63) is 59.4 Å². The zero-order valence-corrected chi connectivity index (χ0v) is 14.7. The molecule has 1 unspecified atom stereocenters. The van der Waals surface area contributed by atoms with Crippen LogP contribution >= 0.6 is 0 Å². The molecular formula is C20H23N3O2. The van der Waals surface area contributed by atoms with Gasteiger partial charge in [0.1, 0.15) is 12.4 Å². The number of hydrogen-bond donors (Lipinski definition) is 2. The Bertz CT molecular complexity index is 801. The van der Waals surface area contributed by atoms with Crippen molar-refractivity contribution in [2.75, 3.05) is 11.9 Å². The summed E-state index contributed by atoms with van der Waals surface area (Å²) in [6.45, 7) is 6.30. The van der Waals surface area contributed by atoms with Gasteiger partial charge in [-0.1, -0.05) is 18.2 Å². The quantitative estimate of drug-likeness (QED) is 0.880. The highest BCUT2D eigenvalue weighted by Crippen LogP contribution is 2.26. The van der Waals surface area contributed by atoms with Gasteiger partial charge in [-0.25, -0.2) is 0 Å². The molecule has 5 nitrogen and oxygen atoms in total. The van der Waals surface area contributed by atoms with Gasteiger partial charge in [-0.15, -0.1) is 0 Å². The van der Waals surface area contributed by atoms with Crippen molar-refractivity contribution < 1.29 is 9.53 Å². The number of benzene rings is 1. The molecule has 0 fully saturated rings. The average Bonchev–Trinajstić information content (AvgIpc) is 2.63. The van der Waals surface area contributed by atoms with E-state index in [0.29, 0.717) is 6.61 Å². The number of pyridine rings is 1. The Morgan fingerprint density at radius 1 is 1.20 bits per heavy atom. The maximum absolute atomic E-state index is 12.4. The fourth-order valence-electron chi connectivity index (χ4n) is 2.80. The Morgan fingerprint density at radius 3 is 2.80 bits per heavy atom. The number of amides is 1. The highest BCUT2D eigenvalue weighted by molar-refractivity contribution is 5.95. The maximum atomic E-state index is 12.4. The second kappa shape index (κ2) is 7.49. The number of carbonyl (C=O) groups excluding carboxylic acids is 1. The Morgan fingerprint density at radius 2 is 2.00 bits per heavy atom. The van der Waals surface area contributed by atoms with Crippen molar-refractivity contribution in [1.82, 2.24) is 10.3 Å². The van der Waals surface area contributed by atoms with Gasteiger partial charge in [-0.2, -0.15) is 0 Å². The van der Waals surface area contributed by atoms with Crippen molar-refractivity contribution in [3.63, 3.8) is 0 Å². The average molecular weight is 337 g/mol. The molecule has 3 rings (SSSR count). The number of para-hydroxylation sites is 1. The van der Waals surface area contributed by atoms with Gasteiger partial charge in [0.15, 0.2) is 0 Å². The lowest BCUT2D eigenvalue weighted by atomic mass is 10.0. The molecule has 130 valence electrons. The number of anilines is 1. The van der Waals surface area contributed by atoms with Gasteiger partial charge < -0.3 is 10.1 Å². The van der Waals surface area contributed by atoms with E-state index in [1.165, 1.54) is 0 Å². The van der Waals surface area contributed by atoms with E-state index >= 15 is 0 Å². The molecule has 2 heterocycles. The van der Waals surface area contributed by atoms with Crippen molar-refractivity contribution in [2.24, 2.45) is 0 Å². The summed E-state index contributed by atoms with van der Waals surface area (Å²) in [5, 5.41) is 6.26. The standard InChI is InChI=1S/C20H23N3O2/c1-13(17-11-16-7-4-5-9-19(16)25-12-17)22-15(3)20(24)23-18-8-6-10-21-14(18)2/h4-11,13,15,22H,12H2,1-3H3,(H,23,24)/t13?,15-/m0/s1. The molecule has 2 aromatic rings. The lowest BCUT2D eigenvalue weighted by Gasteiger charge is -2.25. The summed E-state index contributed by atoms with van der Waals surface area (Å²) >= 11 is 0. The van der Waals surface area contributed by atoms with Gasteiger partial charge in [0.05, 0.1) is 17.4 Å². The van der Waals surface area contributed by atoms with E-state index in [-0.39, 0.29) is 18.0 Å². The molecule has 0 saturated heterocycles. The van der Waals surface area contributed by atoms with Gasteiger partial charge in [-0.05, 0) is 50.6 Å². The van der Waals surface area contributed by atoms with Crippen molar-refractivity contribution in [2.45, 2.75) is 32.9 Å². The first-order valence-corrected chi connectivity index (χ1v) is 8.45. The summed E-state index contributed by atoms with van der Waals surface area (Å²) in [5.74, 6) is 0.817. The van der Waals surface area contributed by atoms with Gasteiger partial charge in [0, 0.05) is 17.8 Å². The molecule has 1 aromatic heterocycles. The van der Waals surface area contributed by atoms with Crippen LogP contribution in [0.1, 0.15) is 25.1 Å². The van der Waals surface area contributed by atoms with Crippen LogP contribution in [0.15, 0.2) is 48.2 Å². The lowest BCUT2D eigenvalue weighted by Crippen LogP contribution is -2.44. The van der Waals surface area contributed by atoms with Crippen molar-refractivity contribution >= 4 is 17.7 Å². The Kier molecular flexibility index (Phi) is 5.14. The molecule has 1 aliphatic heterocycles. The van der Waals surface area contributed by atoms with E-state index in [1.54, 1.807) is 6.20 Å². The molecule has 0 bridgehead atoms. The van der Waals surface area contributed by atoms with E-state index in [9.17, 15) is 4.79 Å². The van der Waals surface area contributed by atoms with Crippen LogP contribution in [-0.2, 0) is 4.79 Å². The van der Waals surface area contributed by atoms with Gasteiger partial charge in [0.25, 0.3) is 0 Å². The number of hydrogen-bond acceptors (Lipinski definition) is 4. The third-order valence-electron chi connectivity index (χ3n) is 4.37. The number of nitrogens with zero attached hydrogens (tertiary/aromatic N) is 1. The third-order valence-corrected chi connectivity index (χ3v) is 4.37. The number of aryl methyl sites for hydroxylation is 1. The van der Waals surface area contributed by atoms with Crippen LogP contribution < -0.4 is 15.4 Å². The van der Waals surface area contributed by atoms with Crippen LogP contribution in [-0.4, -0.2) is 29.6 Å². The molecule has 2 atom stereocenters. The highest BCUT2D eigenvalue weighted by atomic mass is 16.5. The summed E-state index contributed by atoms with van der Waals surface area (Å²) in [4.78, 5) is 16.6. The fraction of sp³-hybridized carbons (Fsp3) is 0.300.